The molecule has 0 bridgehead atoms. The Bertz CT molecular complexity index is 1830. The lowest BCUT2D eigenvalue weighted by Crippen LogP contribution is -2.49. The summed E-state index contributed by atoms with van der Waals surface area (Å²) in [6.45, 7) is 3.54. The van der Waals surface area contributed by atoms with Crippen molar-refractivity contribution in [3.05, 3.63) is 140 Å². The molecule has 1 amide bonds. The van der Waals surface area contributed by atoms with Crippen LogP contribution in [0.2, 0.25) is 5.02 Å². The molecule has 3 N–H and O–H groups in total. The number of piperidine rings is 1. The van der Waals surface area contributed by atoms with Crippen LogP contribution in [0.15, 0.2) is 72.8 Å². The monoisotopic (exact) mass is 730 g/mol. The minimum Gasteiger partial charge on any atom is -0.392 e. The van der Waals surface area contributed by atoms with Crippen LogP contribution in [0.3, 0.4) is 0 Å². The first-order valence-electron chi connectivity index (χ1n) is 16.5. The highest BCUT2D eigenvalue weighted by Gasteiger charge is 2.41. The zero-order chi connectivity index (χ0) is 36.4. The number of hydrogen-bond acceptors (Lipinski definition) is 6. The second kappa shape index (κ2) is 15.4. The maximum Gasteiger partial charge on any atom is 0.257 e. The van der Waals surface area contributed by atoms with Crippen molar-refractivity contribution in [2.24, 2.45) is 5.92 Å². The van der Waals surface area contributed by atoms with Crippen molar-refractivity contribution in [2.45, 2.75) is 57.0 Å². The van der Waals surface area contributed by atoms with Crippen LogP contribution in [0.1, 0.15) is 70.3 Å². The number of rotatable bonds is 9. The number of likely N-dealkylation sites (tertiary alicyclic amines) is 1. The Balaban J connectivity index is 1.16. The van der Waals surface area contributed by atoms with Gasteiger partial charge in [0.2, 0.25) is 5.82 Å². The molecule has 270 valence electrons. The number of ether oxygens (including phenoxy) is 2. The van der Waals surface area contributed by atoms with Crippen molar-refractivity contribution in [3.8, 4) is 0 Å². The van der Waals surface area contributed by atoms with Crippen LogP contribution in [0.5, 0.6) is 0 Å². The van der Waals surface area contributed by atoms with Crippen LogP contribution in [0.25, 0.3) is 0 Å². The summed E-state index contributed by atoms with van der Waals surface area (Å²) in [5.41, 5.74) is 1.10. The van der Waals surface area contributed by atoms with E-state index >= 15 is 0 Å². The van der Waals surface area contributed by atoms with Crippen molar-refractivity contribution >= 4 is 17.5 Å². The second-order valence-electron chi connectivity index (χ2n) is 13.0. The van der Waals surface area contributed by atoms with E-state index in [1.54, 1.807) is 36.4 Å². The highest BCUT2D eigenvalue weighted by Crippen LogP contribution is 2.42. The van der Waals surface area contributed by atoms with E-state index in [9.17, 15) is 37.0 Å². The number of halogens is 6. The third-order valence-electron chi connectivity index (χ3n) is 9.77. The zero-order valence-corrected chi connectivity index (χ0v) is 28.3. The van der Waals surface area contributed by atoms with Gasteiger partial charge in [-0.25, -0.2) is 22.0 Å². The Morgan fingerprint density at radius 2 is 1.37 bits per heavy atom. The lowest BCUT2D eigenvalue weighted by Gasteiger charge is -2.45. The van der Waals surface area contributed by atoms with Crippen LogP contribution < -0.4 is 5.32 Å². The minimum absolute atomic E-state index is 0.0882. The van der Waals surface area contributed by atoms with Crippen molar-refractivity contribution in [1.29, 1.82) is 0 Å². The van der Waals surface area contributed by atoms with E-state index in [1.165, 1.54) is 0 Å². The largest absolute Gasteiger partial charge is 0.392 e. The van der Waals surface area contributed by atoms with E-state index < -0.39 is 52.4 Å². The van der Waals surface area contributed by atoms with Crippen molar-refractivity contribution in [3.63, 3.8) is 0 Å². The second-order valence-corrected chi connectivity index (χ2v) is 13.5. The summed E-state index contributed by atoms with van der Waals surface area (Å²) < 4.78 is 81.9. The number of benzene rings is 4. The third kappa shape index (κ3) is 7.81. The predicted molar refractivity (Wildman–Crippen MR) is 178 cm³/mol. The number of carbonyl (C=O) groups excluding carboxylic acids is 1. The fourth-order valence-corrected chi connectivity index (χ4v) is 6.73. The van der Waals surface area contributed by atoms with Crippen LogP contribution in [-0.2, 0) is 28.2 Å². The first kappa shape index (κ1) is 36.9. The molecule has 2 fully saturated rings. The number of aliphatic hydroxyl groups excluding tert-OH is 1. The molecule has 4 aromatic rings. The van der Waals surface area contributed by atoms with Gasteiger partial charge >= 0.3 is 0 Å². The Labute approximate surface area is 296 Å². The quantitative estimate of drug-likeness (QED) is 0.0957. The molecule has 6 rings (SSSR count). The number of nitrogens with zero attached hydrogens (tertiary/aromatic N) is 1. The average Bonchev–Trinajstić information content (AvgIpc) is 3.14. The molecule has 0 saturated carbocycles. The highest BCUT2D eigenvalue weighted by atomic mass is 35.5. The topological polar surface area (TPSA) is 91.3 Å². The van der Waals surface area contributed by atoms with Gasteiger partial charge in [-0.1, -0.05) is 79.2 Å². The molecule has 2 aliphatic heterocycles. The first-order valence-corrected chi connectivity index (χ1v) is 16.9. The normalized spacial score (nSPS) is 22.1. The van der Waals surface area contributed by atoms with Gasteiger partial charge in [0.15, 0.2) is 29.6 Å². The molecule has 0 spiro atoms. The van der Waals surface area contributed by atoms with Gasteiger partial charge in [-0.2, -0.15) is 0 Å². The molecule has 0 aliphatic carbocycles. The minimum atomic E-state index is -2.34. The predicted octanol–water partition coefficient (Wildman–Crippen LogP) is 7.23. The van der Waals surface area contributed by atoms with Gasteiger partial charge in [-0.15, -0.1) is 0 Å². The van der Waals surface area contributed by atoms with E-state index in [0.717, 1.165) is 16.7 Å². The third-order valence-corrected chi connectivity index (χ3v) is 10.0. The van der Waals surface area contributed by atoms with Gasteiger partial charge in [0.25, 0.3) is 5.91 Å². The Kier molecular flexibility index (Phi) is 11.1. The fourth-order valence-electron chi connectivity index (χ4n) is 6.60. The van der Waals surface area contributed by atoms with E-state index in [0.29, 0.717) is 48.6 Å². The van der Waals surface area contributed by atoms with E-state index in [2.05, 4.69) is 17.1 Å². The van der Waals surface area contributed by atoms with Crippen LogP contribution in [0, 0.1) is 35.0 Å². The van der Waals surface area contributed by atoms with Gasteiger partial charge in [-0.3, -0.25) is 4.79 Å². The van der Waals surface area contributed by atoms with Gasteiger partial charge in [0, 0.05) is 42.7 Å². The van der Waals surface area contributed by atoms with E-state index in [1.807, 2.05) is 36.4 Å². The zero-order valence-electron chi connectivity index (χ0n) is 27.5. The smallest absolute Gasteiger partial charge is 0.257 e. The van der Waals surface area contributed by atoms with Gasteiger partial charge in [0.05, 0.1) is 24.4 Å². The van der Waals surface area contributed by atoms with Gasteiger partial charge in [-0.05, 0) is 47.2 Å². The van der Waals surface area contributed by atoms with Crippen LogP contribution in [0.4, 0.5) is 22.0 Å². The SMILES string of the molecule is C[C@@H]1[C@H](CN2CCC(O)(c3ccc(Cl)cc3)CC2)O[C@H](c2ccc(CNC(=O)c3c(F)c(F)c(F)c(F)c3F)cc2)O[C@@H]1c1ccc(CO)cc1. The summed E-state index contributed by atoms with van der Waals surface area (Å²) >= 11 is 6.05. The summed E-state index contributed by atoms with van der Waals surface area (Å²) in [4.78, 5) is 14.7. The van der Waals surface area contributed by atoms with E-state index in [4.69, 9.17) is 21.1 Å². The fraction of sp³-hybridized carbons (Fsp3) is 0.342. The number of carbonyl (C=O) groups is 1. The van der Waals surface area contributed by atoms with Crippen LogP contribution >= 0.6 is 11.6 Å². The lowest BCUT2D eigenvalue weighted by atomic mass is 9.84. The first-order chi connectivity index (χ1) is 24.4. The maximum atomic E-state index is 14.1. The number of nitrogens with one attached hydrogen (secondary N) is 1. The Morgan fingerprint density at radius 1 is 0.824 bits per heavy atom. The molecule has 0 radical (unpaired) electrons. The molecular formula is C38H36ClF5N2O5. The molecule has 2 heterocycles. The molecule has 2 aliphatic rings. The van der Waals surface area contributed by atoms with Crippen molar-refractivity contribution in [1.82, 2.24) is 10.2 Å². The molecule has 0 unspecified atom stereocenters. The Morgan fingerprint density at radius 3 is 1.96 bits per heavy atom. The van der Waals surface area contributed by atoms with Crippen molar-refractivity contribution < 1.29 is 46.4 Å². The van der Waals surface area contributed by atoms with Crippen molar-refractivity contribution in [2.75, 3.05) is 19.6 Å². The molecule has 2 saturated heterocycles. The summed E-state index contributed by atoms with van der Waals surface area (Å²) in [7, 11) is 0. The summed E-state index contributed by atoms with van der Waals surface area (Å²) in [5, 5.41) is 23.8. The molecule has 13 heteroatoms. The van der Waals surface area contributed by atoms with E-state index in [-0.39, 0.29) is 31.3 Å². The summed E-state index contributed by atoms with van der Waals surface area (Å²) in [6.07, 6.45) is -0.402. The average molecular weight is 731 g/mol. The maximum absolute atomic E-state index is 14.1. The molecule has 51 heavy (non-hydrogen) atoms. The van der Waals surface area contributed by atoms with Gasteiger partial charge < -0.3 is 29.9 Å². The number of amides is 1. The lowest BCUT2D eigenvalue weighted by molar-refractivity contribution is -0.277. The molecular weight excluding hydrogens is 695 g/mol. The number of hydrogen-bond donors (Lipinski definition) is 3. The standard InChI is InChI=1S/C38H36ClF5N2O5/c1-21-28(19-46-16-14-38(49,15-17-46)26-10-12-27(39)13-11-26)50-37(51-35(21)24-6-4-23(20-47)5-7-24)25-8-2-22(3-9-25)18-45-36(48)29-30(40)32(42)34(44)33(43)31(29)41/h2-13,21,28,35,37,47,49H,14-20H2,1H3,(H,45,48)/t21-,28+,35+,37+/m1/s1. The van der Waals surface area contributed by atoms with Gasteiger partial charge in [0.1, 0.15) is 5.56 Å². The number of aliphatic hydroxyl groups is 2. The van der Waals surface area contributed by atoms with Crippen LogP contribution in [-0.4, -0.2) is 46.8 Å². The summed E-state index contributed by atoms with van der Waals surface area (Å²) in [6, 6.07) is 21.4. The summed E-state index contributed by atoms with van der Waals surface area (Å²) in [5.74, 6) is -12.7. The molecule has 0 aromatic heterocycles. The Hall–Kier alpha value is -3.91. The highest BCUT2D eigenvalue weighted by molar-refractivity contribution is 6.30. The molecule has 4 aromatic carbocycles. The molecule has 4 atom stereocenters. The molecule has 7 nitrogen and oxygen atoms in total.